The number of carbonyl (C=O) groups is 3. The number of amides is 2. The Bertz CT molecular complexity index is 2140. The first-order valence-electron chi connectivity index (χ1n) is 18.7. The van der Waals surface area contributed by atoms with Crippen molar-refractivity contribution in [2.45, 2.75) is 57.1 Å². The highest BCUT2D eigenvalue weighted by molar-refractivity contribution is 7.93. The third kappa shape index (κ3) is 6.30. The predicted molar refractivity (Wildman–Crippen MR) is 202 cm³/mol. The number of benzene rings is 3. The molecule has 12 nitrogen and oxygen atoms in total. The Labute approximate surface area is 311 Å². The molecule has 0 aromatic heterocycles. The number of para-hydroxylation sites is 1. The highest BCUT2D eigenvalue weighted by Gasteiger charge is 2.60. The fraction of sp³-hybridized carbons (Fsp3) is 0.475. The topological polar surface area (TPSA) is 144 Å². The van der Waals surface area contributed by atoms with Gasteiger partial charge in [0, 0.05) is 23.4 Å². The molecule has 0 unspecified atom stereocenters. The van der Waals surface area contributed by atoms with Crippen LogP contribution in [0.3, 0.4) is 0 Å². The number of hydrogen-bond donors (Lipinski definition) is 3. The molecule has 4 atom stereocenters. The molecular formula is C40H51N5O7S+2. The third-order valence-corrected chi connectivity index (χ3v) is 14.2. The van der Waals surface area contributed by atoms with Gasteiger partial charge in [-0.15, -0.1) is 0 Å². The molecule has 282 valence electrons. The van der Waals surface area contributed by atoms with Crippen LogP contribution in [0, 0.1) is 11.8 Å². The van der Waals surface area contributed by atoms with Gasteiger partial charge in [-0.05, 0) is 53.6 Å². The maximum atomic E-state index is 14.1. The lowest BCUT2D eigenvalue weighted by Gasteiger charge is -2.46. The van der Waals surface area contributed by atoms with Gasteiger partial charge in [0.25, 0.3) is 15.9 Å². The zero-order chi connectivity index (χ0) is 38.0. The zero-order valence-corrected chi connectivity index (χ0v) is 32.0. The van der Waals surface area contributed by atoms with Crippen molar-refractivity contribution >= 4 is 50.0 Å². The predicted octanol–water partition coefficient (Wildman–Crippen LogP) is 3.59. The standard InChI is InChI=1S/C40H49N5O7S/c1-6-10-28-11-7-8-13-31(28)41-34(47)24-45(5)21-19-44(4,20-22-45)18-17-27-15-16-33-36-29(27)12-9-14-32(36)42(53(33,51)52)23-30-25(2)37-35(26(3)46)39(48)43(37)38(30)40(49)50/h7-9,11-16,25-26,35,37,46H,6,10,17-24H2,1-5H3/p+2/t25-,26+,35+,37+,44?,45?/m0/s1. The Kier molecular flexibility index (Phi) is 9.45. The Balaban J connectivity index is 1.06. The van der Waals surface area contributed by atoms with Crippen LogP contribution < -0.4 is 9.62 Å². The van der Waals surface area contributed by atoms with Crippen LogP contribution in [-0.4, -0.2) is 122 Å². The summed E-state index contributed by atoms with van der Waals surface area (Å²) in [6.07, 6.45) is 1.72. The Morgan fingerprint density at radius 3 is 2.34 bits per heavy atom. The number of carbonyl (C=O) groups excluding carboxylic acids is 2. The van der Waals surface area contributed by atoms with Crippen LogP contribution >= 0.6 is 0 Å². The van der Waals surface area contributed by atoms with Gasteiger partial charge in [0.1, 0.15) is 31.9 Å². The first-order chi connectivity index (χ1) is 25.1. The molecule has 3 aromatic rings. The summed E-state index contributed by atoms with van der Waals surface area (Å²) in [5, 5.41) is 25.1. The molecule has 2 amide bonds. The van der Waals surface area contributed by atoms with E-state index in [4.69, 9.17) is 0 Å². The molecule has 0 aliphatic carbocycles. The van der Waals surface area contributed by atoms with Gasteiger partial charge < -0.3 is 29.4 Å². The minimum Gasteiger partial charge on any atom is -0.477 e. The summed E-state index contributed by atoms with van der Waals surface area (Å²) >= 11 is 0. The molecule has 0 bridgehead atoms. The second-order valence-corrected chi connectivity index (χ2v) is 17.9. The number of carboxylic acid groups (broad SMARTS) is 1. The molecule has 0 saturated carbocycles. The Morgan fingerprint density at radius 1 is 0.962 bits per heavy atom. The number of β-lactam (4-membered cyclic amide) rings is 1. The lowest BCUT2D eigenvalue weighted by molar-refractivity contribution is -1.01. The number of nitrogens with one attached hydrogen (secondary N) is 1. The maximum Gasteiger partial charge on any atom is 0.352 e. The van der Waals surface area contributed by atoms with Gasteiger partial charge in [-0.25, -0.2) is 13.2 Å². The van der Waals surface area contributed by atoms with E-state index in [1.54, 1.807) is 19.1 Å². The molecule has 2 saturated heterocycles. The smallest absolute Gasteiger partial charge is 0.352 e. The number of aryl methyl sites for hydroxylation is 1. The van der Waals surface area contributed by atoms with E-state index in [1.165, 1.54) is 16.1 Å². The third-order valence-electron chi connectivity index (χ3n) is 12.4. The molecule has 3 N–H and O–H groups in total. The number of piperazine rings is 1. The number of quaternary nitrogens is 2. The van der Waals surface area contributed by atoms with E-state index in [0.717, 1.165) is 78.7 Å². The van der Waals surface area contributed by atoms with Gasteiger partial charge in [-0.2, -0.15) is 0 Å². The van der Waals surface area contributed by atoms with Crippen LogP contribution in [0.2, 0.25) is 0 Å². The van der Waals surface area contributed by atoms with Crippen molar-refractivity contribution in [2.75, 3.05) is 69.5 Å². The van der Waals surface area contributed by atoms with E-state index in [2.05, 4.69) is 32.4 Å². The average molecular weight is 746 g/mol. The molecule has 0 spiro atoms. The molecule has 2 fully saturated rings. The summed E-state index contributed by atoms with van der Waals surface area (Å²) in [7, 11) is 0.395. The van der Waals surface area contributed by atoms with Gasteiger partial charge in [0.2, 0.25) is 5.91 Å². The molecule has 3 aromatic carbocycles. The normalized spacial score (nSPS) is 27.9. The fourth-order valence-corrected chi connectivity index (χ4v) is 10.8. The quantitative estimate of drug-likeness (QED) is 0.190. The number of fused-ring (bicyclic) bond motifs is 1. The lowest BCUT2D eigenvalue weighted by atomic mass is 9.78. The van der Waals surface area contributed by atoms with Crippen molar-refractivity contribution in [3.8, 4) is 0 Å². The second-order valence-electron chi connectivity index (χ2n) is 16.1. The number of hydrogen-bond acceptors (Lipinski definition) is 6. The van der Waals surface area contributed by atoms with Gasteiger partial charge in [0.05, 0.1) is 55.8 Å². The second kappa shape index (κ2) is 13.5. The van der Waals surface area contributed by atoms with Gasteiger partial charge in [-0.1, -0.05) is 56.7 Å². The van der Waals surface area contributed by atoms with E-state index in [1.807, 2.05) is 36.4 Å². The summed E-state index contributed by atoms with van der Waals surface area (Å²) in [5.74, 6) is -2.88. The van der Waals surface area contributed by atoms with Crippen molar-refractivity contribution in [3.05, 3.63) is 77.0 Å². The largest absolute Gasteiger partial charge is 0.477 e. The Morgan fingerprint density at radius 2 is 1.66 bits per heavy atom. The van der Waals surface area contributed by atoms with Crippen molar-refractivity contribution in [1.29, 1.82) is 0 Å². The molecular weight excluding hydrogens is 695 g/mol. The molecule has 7 rings (SSSR count). The van der Waals surface area contributed by atoms with Crippen LogP contribution in [0.5, 0.6) is 0 Å². The average Bonchev–Trinajstić information content (AvgIpc) is 3.48. The SMILES string of the molecule is CCCc1ccccc1NC(=O)C[N+]1(C)CC[N+](C)(CCc2ccc3c4c(cccc24)N(CC2=C(C(=O)O)N4C(=O)[C@H]([C@@H](C)O)[C@H]4[C@H]2C)S3(=O)=O)CC1. The van der Waals surface area contributed by atoms with E-state index in [9.17, 15) is 33.0 Å². The molecule has 53 heavy (non-hydrogen) atoms. The van der Waals surface area contributed by atoms with Crippen LogP contribution in [0.15, 0.2) is 70.8 Å². The van der Waals surface area contributed by atoms with Gasteiger partial charge >= 0.3 is 5.97 Å². The minimum atomic E-state index is -4.01. The van der Waals surface area contributed by atoms with Gasteiger partial charge in [-0.3, -0.25) is 13.9 Å². The minimum absolute atomic E-state index is 0.0317. The summed E-state index contributed by atoms with van der Waals surface area (Å²) in [6.45, 7) is 10.1. The van der Waals surface area contributed by atoms with Crippen molar-refractivity contribution in [2.24, 2.45) is 11.8 Å². The van der Waals surface area contributed by atoms with E-state index in [-0.39, 0.29) is 23.0 Å². The molecule has 4 aliphatic heterocycles. The number of sulfonamides is 1. The summed E-state index contributed by atoms with van der Waals surface area (Å²) in [5.41, 5.74) is 3.77. The monoisotopic (exact) mass is 745 g/mol. The first kappa shape index (κ1) is 37.0. The number of aliphatic hydroxyl groups is 1. The van der Waals surface area contributed by atoms with Crippen LogP contribution in [0.25, 0.3) is 10.8 Å². The molecule has 4 heterocycles. The number of likely N-dealkylation sites (N-methyl/N-ethyl adjacent to an activating group) is 2. The van der Waals surface area contributed by atoms with Crippen molar-refractivity contribution < 1.29 is 42.0 Å². The van der Waals surface area contributed by atoms with E-state index < -0.39 is 45.9 Å². The molecule has 0 radical (unpaired) electrons. The number of rotatable bonds is 12. The highest BCUT2D eigenvalue weighted by Crippen LogP contribution is 2.50. The van der Waals surface area contributed by atoms with Gasteiger partial charge in [0.15, 0.2) is 6.54 Å². The maximum absolute atomic E-state index is 14.1. The Hall–Kier alpha value is -4.30. The summed E-state index contributed by atoms with van der Waals surface area (Å²) < 4.78 is 31.0. The number of carboxylic acids is 1. The number of anilines is 2. The van der Waals surface area contributed by atoms with Crippen LogP contribution in [0.4, 0.5) is 11.4 Å². The lowest BCUT2D eigenvalue weighted by Crippen LogP contribution is -2.65. The fourth-order valence-electron chi connectivity index (χ4n) is 9.11. The van der Waals surface area contributed by atoms with E-state index >= 15 is 0 Å². The van der Waals surface area contributed by atoms with Crippen molar-refractivity contribution in [3.63, 3.8) is 0 Å². The highest BCUT2D eigenvalue weighted by atomic mass is 32.2. The van der Waals surface area contributed by atoms with E-state index in [0.29, 0.717) is 27.7 Å². The van der Waals surface area contributed by atoms with Crippen LogP contribution in [0.1, 0.15) is 38.3 Å². The number of nitrogens with zero attached hydrogens (tertiary/aromatic N) is 4. The number of aliphatic carboxylic acids is 1. The molecule has 13 heteroatoms. The molecule has 4 aliphatic rings. The zero-order valence-electron chi connectivity index (χ0n) is 31.2. The number of aliphatic hydroxyl groups excluding tert-OH is 1. The summed E-state index contributed by atoms with van der Waals surface area (Å²) in [6, 6.07) is 16.6. The summed E-state index contributed by atoms with van der Waals surface area (Å²) in [4.78, 5) is 40.0. The first-order valence-corrected chi connectivity index (χ1v) is 20.1. The van der Waals surface area contributed by atoms with Crippen molar-refractivity contribution in [1.82, 2.24) is 4.90 Å². The van der Waals surface area contributed by atoms with Crippen LogP contribution in [-0.2, 0) is 37.2 Å².